The molecular weight excluding hydrogens is 186 g/mol. The molecule has 0 spiro atoms. The van der Waals surface area contributed by atoms with Crippen LogP contribution in [0.3, 0.4) is 0 Å². The molecule has 0 radical (unpaired) electrons. The third kappa shape index (κ3) is 1.66. The number of hydrogen-bond donors (Lipinski definition) is 0. The summed E-state index contributed by atoms with van der Waals surface area (Å²) in [7, 11) is 2.11. The first-order chi connectivity index (χ1) is 7.27. The van der Waals surface area contributed by atoms with Gasteiger partial charge in [-0.3, -0.25) is 0 Å². The first-order valence-corrected chi connectivity index (χ1v) is 5.76. The van der Waals surface area contributed by atoms with Crippen LogP contribution in [-0.2, 0) is 6.54 Å². The second kappa shape index (κ2) is 4.09. The van der Waals surface area contributed by atoms with Gasteiger partial charge in [0.15, 0.2) is 0 Å². The van der Waals surface area contributed by atoms with Gasteiger partial charge in [-0.15, -0.1) is 0 Å². The molecule has 1 aliphatic heterocycles. The first-order valence-electron chi connectivity index (χ1n) is 5.76. The van der Waals surface area contributed by atoms with Crippen LogP contribution >= 0.6 is 0 Å². The van der Waals surface area contributed by atoms with Gasteiger partial charge in [0.25, 0.3) is 0 Å². The predicted molar refractivity (Wildman–Crippen MR) is 64.3 cm³/mol. The van der Waals surface area contributed by atoms with Crippen molar-refractivity contribution in [3.8, 4) is 0 Å². The van der Waals surface area contributed by atoms with E-state index in [2.05, 4.69) is 47.5 Å². The molecule has 1 aromatic rings. The molecule has 0 N–H and O–H groups in total. The zero-order valence-electron chi connectivity index (χ0n) is 9.82. The van der Waals surface area contributed by atoms with Crippen LogP contribution in [0.4, 0.5) is 5.95 Å². The first kappa shape index (κ1) is 10.3. The van der Waals surface area contributed by atoms with Crippen molar-refractivity contribution in [1.82, 2.24) is 9.55 Å². The minimum Gasteiger partial charge on any atom is -0.343 e. The standard InChI is InChI=1S/C12H19N3/c1-4-6-10-11(7-5-2)15-9-8-14(3)12(15)13-10/h6-7H,4-5,8-9H2,1-3H3/b10-6+,11-7+. The molecule has 0 amide bonds. The van der Waals surface area contributed by atoms with Gasteiger partial charge in [-0.25, -0.2) is 4.98 Å². The second-order valence-corrected chi connectivity index (χ2v) is 3.98. The highest BCUT2D eigenvalue weighted by molar-refractivity contribution is 5.39. The molecule has 1 aliphatic rings. The molecule has 0 atom stereocenters. The molecule has 0 unspecified atom stereocenters. The lowest BCUT2D eigenvalue weighted by atomic mass is 10.3. The summed E-state index contributed by atoms with van der Waals surface area (Å²) in [6.07, 6.45) is 6.60. The van der Waals surface area contributed by atoms with Crippen molar-refractivity contribution in [2.45, 2.75) is 33.2 Å². The van der Waals surface area contributed by atoms with Crippen LogP contribution < -0.4 is 15.6 Å². The van der Waals surface area contributed by atoms with Crippen LogP contribution in [0.1, 0.15) is 26.7 Å². The van der Waals surface area contributed by atoms with E-state index in [4.69, 9.17) is 0 Å². The molecule has 3 nitrogen and oxygen atoms in total. The summed E-state index contributed by atoms with van der Waals surface area (Å²) < 4.78 is 2.32. The van der Waals surface area contributed by atoms with E-state index in [1.807, 2.05) is 0 Å². The van der Waals surface area contributed by atoms with Crippen molar-refractivity contribution in [3.05, 3.63) is 10.7 Å². The quantitative estimate of drug-likeness (QED) is 0.709. The SMILES string of the molecule is CC/C=c1/nc2n(/c1=C/CC)CCN2C. The van der Waals surface area contributed by atoms with E-state index in [0.717, 1.165) is 37.2 Å². The van der Waals surface area contributed by atoms with Crippen LogP contribution in [-0.4, -0.2) is 23.1 Å². The third-order valence-electron chi connectivity index (χ3n) is 2.81. The topological polar surface area (TPSA) is 21.1 Å². The van der Waals surface area contributed by atoms with E-state index in [-0.39, 0.29) is 0 Å². The van der Waals surface area contributed by atoms with Gasteiger partial charge in [-0.1, -0.05) is 26.0 Å². The third-order valence-corrected chi connectivity index (χ3v) is 2.81. The fraction of sp³-hybridized carbons (Fsp3) is 0.583. The van der Waals surface area contributed by atoms with Crippen molar-refractivity contribution in [1.29, 1.82) is 0 Å². The molecule has 3 heteroatoms. The molecular formula is C12H19N3. The molecule has 0 fully saturated rings. The van der Waals surface area contributed by atoms with E-state index >= 15 is 0 Å². The van der Waals surface area contributed by atoms with Crippen LogP contribution in [0.5, 0.6) is 0 Å². The Morgan fingerprint density at radius 2 is 1.93 bits per heavy atom. The zero-order valence-corrected chi connectivity index (χ0v) is 9.82. The Labute approximate surface area is 90.7 Å². The van der Waals surface area contributed by atoms with E-state index in [9.17, 15) is 0 Å². The summed E-state index contributed by atoms with van der Waals surface area (Å²) in [4.78, 5) is 6.90. The largest absolute Gasteiger partial charge is 0.343 e. The molecule has 0 aromatic carbocycles. The molecule has 2 rings (SSSR count). The van der Waals surface area contributed by atoms with Crippen molar-refractivity contribution in [2.75, 3.05) is 18.5 Å². The number of likely N-dealkylation sites (N-methyl/N-ethyl adjacent to an activating group) is 1. The predicted octanol–water partition coefficient (Wildman–Crippen LogP) is 0.714. The minimum atomic E-state index is 1.05. The van der Waals surface area contributed by atoms with E-state index in [1.165, 1.54) is 5.35 Å². The Morgan fingerprint density at radius 3 is 2.60 bits per heavy atom. The maximum atomic E-state index is 4.68. The Hall–Kier alpha value is -1.25. The summed E-state index contributed by atoms with van der Waals surface area (Å²) in [5, 5.41) is 2.46. The summed E-state index contributed by atoms with van der Waals surface area (Å²) in [5.41, 5.74) is 0. The Morgan fingerprint density at radius 1 is 1.20 bits per heavy atom. The van der Waals surface area contributed by atoms with Crippen molar-refractivity contribution >= 4 is 18.1 Å². The lowest BCUT2D eigenvalue weighted by Gasteiger charge is -2.04. The number of anilines is 1. The Kier molecular flexibility index (Phi) is 2.80. The molecule has 82 valence electrons. The Balaban J connectivity index is 2.65. The fourth-order valence-corrected chi connectivity index (χ4v) is 2.08. The highest BCUT2D eigenvalue weighted by Crippen LogP contribution is 2.11. The summed E-state index contributed by atoms with van der Waals surface area (Å²) in [5.74, 6) is 1.12. The maximum Gasteiger partial charge on any atom is 0.206 e. The highest BCUT2D eigenvalue weighted by Gasteiger charge is 2.18. The van der Waals surface area contributed by atoms with Crippen LogP contribution in [0.2, 0.25) is 0 Å². The number of hydrogen-bond acceptors (Lipinski definition) is 2. The smallest absolute Gasteiger partial charge is 0.206 e. The van der Waals surface area contributed by atoms with Crippen LogP contribution in [0.15, 0.2) is 0 Å². The summed E-state index contributed by atoms with van der Waals surface area (Å²) in [6, 6.07) is 0. The summed E-state index contributed by atoms with van der Waals surface area (Å²) >= 11 is 0. The van der Waals surface area contributed by atoms with Crippen molar-refractivity contribution in [3.63, 3.8) is 0 Å². The van der Waals surface area contributed by atoms with Crippen LogP contribution in [0.25, 0.3) is 12.2 Å². The summed E-state index contributed by atoms with van der Waals surface area (Å²) in [6.45, 7) is 6.49. The van der Waals surface area contributed by atoms with Gasteiger partial charge in [-0.05, 0) is 12.8 Å². The van der Waals surface area contributed by atoms with Gasteiger partial charge >= 0.3 is 0 Å². The van der Waals surface area contributed by atoms with Crippen molar-refractivity contribution in [2.24, 2.45) is 0 Å². The lowest BCUT2D eigenvalue weighted by molar-refractivity contribution is 0.769. The number of fused-ring (bicyclic) bond motifs is 1. The van der Waals surface area contributed by atoms with Gasteiger partial charge in [-0.2, -0.15) is 0 Å². The van der Waals surface area contributed by atoms with Gasteiger partial charge in [0.1, 0.15) is 0 Å². The molecule has 0 saturated carbocycles. The average molecular weight is 205 g/mol. The van der Waals surface area contributed by atoms with Gasteiger partial charge < -0.3 is 9.47 Å². The number of nitrogens with zero attached hydrogens (tertiary/aromatic N) is 3. The van der Waals surface area contributed by atoms with E-state index < -0.39 is 0 Å². The van der Waals surface area contributed by atoms with Crippen molar-refractivity contribution < 1.29 is 0 Å². The monoisotopic (exact) mass is 205 g/mol. The molecule has 1 aromatic heterocycles. The number of imidazole rings is 1. The minimum absolute atomic E-state index is 1.05. The average Bonchev–Trinajstić information content (AvgIpc) is 2.72. The highest BCUT2D eigenvalue weighted by atomic mass is 15.3. The Bertz CT molecular complexity index is 456. The number of aromatic nitrogens is 2. The number of rotatable bonds is 2. The maximum absolute atomic E-state index is 4.68. The van der Waals surface area contributed by atoms with Gasteiger partial charge in [0, 0.05) is 20.1 Å². The van der Waals surface area contributed by atoms with Gasteiger partial charge in [0.2, 0.25) is 5.95 Å². The second-order valence-electron chi connectivity index (χ2n) is 3.98. The lowest BCUT2D eigenvalue weighted by Crippen LogP contribution is -2.30. The molecule has 2 heterocycles. The normalized spacial score (nSPS) is 17.7. The molecule has 0 saturated heterocycles. The molecule has 15 heavy (non-hydrogen) atoms. The van der Waals surface area contributed by atoms with Crippen LogP contribution in [0, 0.1) is 0 Å². The fourth-order valence-electron chi connectivity index (χ4n) is 2.08. The van der Waals surface area contributed by atoms with Gasteiger partial charge in [0.05, 0.1) is 10.7 Å². The van der Waals surface area contributed by atoms with E-state index in [1.54, 1.807) is 0 Å². The zero-order chi connectivity index (χ0) is 10.8. The van der Waals surface area contributed by atoms with E-state index in [0.29, 0.717) is 0 Å². The molecule has 0 aliphatic carbocycles. The molecule has 0 bridgehead atoms.